The Labute approximate surface area is 74.4 Å². The Bertz CT molecular complexity index is 283. The Balaban J connectivity index is 2.72. The highest BCUT2D eigenvalue weighted by Gasteiger charge is 2.14. The number of nitrogen functional groups attached to an aromatic ring is 1. The minimum Gasteiger partial charge on any atom is -0.458 e. The highest BCUT2D eigenvalue weighted by molar-refractivity contribution is 7.14. The van der Waals surface area contributed by atoms with Crippen LogP contribution < -0.4 is 5.73 Å². The van der Waals surface area contributed by atoms with Crippen molar-refractivity contribution in [2.24, 2.45) is 0 Å². The minimum absolute atomic E-state index is 0.140. The first-order chi connectivity index (χ1) is 5.61. The number of carbonyl (C=O) groups is 1. The molecule has 0 saturated heterocycles. The van der Waals surface area contributed by atoms with E-state index in [4.69, 9.17) is 10.5 Å². The molecule has 0 saturated carbocycles. The van der Waals surface area contributed by atoms with Crippen LogP contribution in [0.1, 0.15) is 24.3 Å². The van der Waals surface area contributed by atoms with Crippen LogP contribution in [0.25, 0.3) is 0 Å². The fraction of sp³-hybridized carbons (Fsp3) is 0.429. The van der Waals surface area contributed by atoms with Crippen molar-refractivity contribution in [1.82, 2.24) is 4.98 Å². The number of nitrogens with two attached hydrogens (primary N) is 1. The van der Waals surface area contributed by atoms with Gasteiger partial charge < -0.3 is 10.5 Å². The maximum absolute atomic E-state index is 11.2. The normalized spacial score (nSPS) is 10.2. The summed E-state index contributed by atoms with van der Waals surface area (Å²) in [6.45, 7) is 3.56. The number of hydrogen-bond donors (Lipinski definition) is 1. The first kappa shape index (κ1) is 8.99. The van der Waals surface area contributed by atoms with Gasteiger partial charge in [-0.2, -0.15) is 0 Å². The number of thiazole rings is 1. The third-order valence-electron chi connectivity index (χ3n) is 1.13. The summed E-state index contributed by atoms with van der Waals surface area (Å²) in [5, 5.41) is 0.403. The van der Waals surface area contributed by atoms with Crippen molar-refractivity contribution in [2.45, 2.75) is 20.0 Å². The lowest BCUT2D eigenvalue weighted by atomic mass is 10.4. The molecule has 0 aliphatic carbocycles. The van der Waals surface area contributed by atoms with E-state index in [-0.39, 0.29) is 11.8 Å². The minimum atomic E-state index is -0.455. The van der Waals surface area contributed by atoms with Gasteiger partial charge in [0.05, 0.1) is 11.6 Å². The van der Waals surface area contributed by atoms with Crippen LogP contribution >= 0.6 is 11.3 Å². The number of ether oxygens (including phenoxy) is 1. The van der Waals surface area contributed by atoms with Crippen LogP contribution in [0, 0.1) is 0 Å². The Morgan fingerprint density at radius 1 is 1.75 bits per heavy atom. The van der Waals surface area contributed by atoms with E-state index in [1.54, 1.807) is 13.8 Å². The van der Waals surface area contributed by atoms with Gasteiger partial charge in [0.15, 0.2) is 5.69 Å². The summed E-state index contributed by atoms with van der Waals surface area (Å²) in [4.78, 5) is 15.0. The molecule has 0 aliphatic rings. The van der Waals surface area contributed by atoms with Crippen LogP contribution in [-0.4, -0.2) is 17.1 Å². The topological polar surface area (TPSA) is 65.2 Å². The number of nitrogens with zero attached hydrogens (tertiary/aromatic N) is 1. The third-order valence-corrected chi connectivity index (χ3v) is 1.79. The molecule has 0 unspecified atom stereocenters. The Kier molecular flexibility index (Phi) is 2.65. The molecule has 4 nitrogen and oxygen atoms in total. The van der Waals surface area contributed by atoms with Gasteiger partial charge in [0.2, 0.25) is 0 Å². The van der Waals surface area contributed by atoms with Crippen LogP contribution in [0.4, 0.5) is 5.00 Å². The molecule has 0 fully saturated rings. The monoisotopic (exact) mass is 186 g/mol. The average molecular weight is 186 g/mol. The molecule has 12 heavy (non-hydrogen) atoms. The zero-order valence-corrected chi connectivity index (χ0v) is 7.72. The van der Waals surface area contributed by atoms with E-state index in [9.17, 15) is 4.79 Å². The predicted octanol–water partition coefficient (Wildman–Crippen LogP) is 1.29. The molecular weight excluding hydrogens is 176 g/mol. The maximum atomic E-state index is 11.2. The van der Waals surface area contributed by atoms with E-state index in [0.717, 1.165) is 0 Å². The van der Waals surface area contributed by atoms with Crippen molar-refractivity contribution in [3.63, 3.8) is 0 Å². The summed E-state index contributed by atoms with van der Waals surface area (Å²) in [6, 6.07) is 0. The SMILES string of the molecule is CC(C)OC(=O)c1ncsc1N. The van der Waals surface area contributed by atoms with E-state index in [0.29, 0.717) is 5.00 Å². The molecule has 2 N–H and O–H groups in total. The van der Waals surface area contributed by atoms with Crippen molar-refractivity contribution in [1.29, 1.82) is 0 Å². The molecule has 0 amide bonds. The molecule has 0 aliphatic heterocycles. The fourth-order valence-electron chi connectivity index (χ4n) is 0.678. The molecule has 66 valence electrons. The van der Waals surface area contributed by atoms with Gasteiger partial charge in [-0.15, -0.1) is 11.3 Å². The number of aromatic nitrogens is 1. The Hall–Kier alpha value is -1.10. The molecule has 1 heterocycles. The summed E-state index contributed by atoms with van der Waals surface area (Å²) in [6.07, 6.45) is -0.140. The molecule has 0 spiro atoms. The van der Waals surface area contributed by atoms with Crippen LogP contribution in [0.3, 0.4) is 0 Å². The second-order valence-electron chi connectivity index (χ2n) is 2.52. The number of hydrogen-bond acceptors (Lipinski definition) is 5. The van der Waals surface area contributed by atoms with Gasteiger partial charge in [-0.25, -0.2) is 9.78 Å². The lowest BCUT2D eigenvalue weighted by molar-refractivity contribution is 0.0373. The van der Waals surface area contributed by atoms with Crippen molar-refractivity contribution in [3.8, 4) is 0 Å². The zero-order valence-electron chi connectivity index (χ0n) is 6.90. The Morgan fingerprint density at radius 2 is 2.42 bits per heavy atom. The number of rotatable bonds is 2. The number of carbonyl (C=O) groups excluding carboxylic acids is 1. The highest BCUT2D eigenvalue weighted by Crippen LogP contribution is 2.16. The van der Waals surface area contributed by atoms with Gasteiger partial charge in [-0.3, -0.25) is 0 Å². The van der Waals surface area contributed by atoms with Crippen molar-refractivity contribution >= 4 is 22.3 Å². The summed E-state index contributed by atoms with van der Waals surface area (Å²) in [5.74, 6) is -0.455. The second-order valence-corrected chi connectivity index (χ2v) is 3.41. The number of esters is 1. The summed E-state index contributed by atoms with van der Waals surface area (Å²) >= 11 is 1.23. The third kappa shape index (κ3) is 1.94. The summed E-state index contributed by atoms with van der Waals surface area (Å²) in [5.41, 5.74) is 7.21. The van der Waals surface area contributed by atoms with Gasteiger partial charge in [-0.1, -0.05) is 0 Å². The molecule has 5 heteroatoms. The fourth-order valence-corrected chi connectivity index (χ4v) is 1.20. The first-order valence-electron chi connectivity index (χ1n) is 3.51. The van der Waals surface area contributed by atoms with Gasteiger partial charge in [0.25, 0.3) is 0 Å². The largest absolute Gasteiger partial charge is 0.458 e. The zero-order chi connectivity index (χ0) is 9.14. The van der Waals surface area contributed by atoms with Crippen molar-refractivity contribution in [3.05, 3.63) is 11.2 Å². The summed E-state index contributed by atoms with van der Waals surface area (Å²) in [7, 11) is 0. The van der Waals surface area contributed by atoms with E-state index in [2.05, 4.69) is 4.98 Å². The van der Waals surface area contributed by atoms with E-state index in [1.807, 2.05) is 0 Å². The molecule has 1 aromatic rings. The van der Waals surface area contributed by atoms with E-state index >= 15 is 0 Å². The average Bonchev–Trinajstić information content (AvgIpc) is 2.33. The quantitative estimate of drug-likeness (QED) is 0.707. The van der Waals surface area contributed by atoms with Gasteiger partial charge >= 0.3 is 5.97 Å². The van der Waals surface area contributed by atoms with E-state index in [1.165, 1.54) is 16.8 Å². The van der Waals surface area contributed by atoms with Gasteiger partial charge in [0.1, 0.15) is 5.00 Å². The maximum Gasteiger partial charge on any atom is 0.360 e. The second kappa shape index (κ2) is 3.53. The standard InChI is InChI=1S/C7H10N2O2S/c1-4(2)11-7(10)5-6(8)12-3-9-5/h3-4H,8H2,1-2H3. The van der Waals surface area contributed by atoms with E-state index < -0.39 is 5.97 Å². The van der Waals surface area contributed by atoms with Crippen LogP contribution in [-0.2, 0) is 4.74 Å². The molecule has 0 aromatic carbocycles. The van der Waals surface area contributed by atoms with Gasteiger partial charge in [-0.05, 0) is 13.8 Å². The number of anilines is 1. The summed E-state index contributed by atoms with van der Waals surface area (Å²) < 4.78 is 4.90. The van der Waals surface area contributed by atoms with Crippen LogP contribution in [0.15, 0.2) is 5.51 Å². The van der Waals surface area contributed by atoms with Gasteiger partial charge in [0, 0.05) is 0 Å². The smallest absolute Gasteiger partial charge is 0.360 e. The molecule has 0 bridgehead atoms. The molecular formula is C7H10N2O2S. The molecule has 0 atom stereocenters. The first-order valence-corrected chi connectivity index (χ1v) is 4.39. The van der Waals surface area contributed by atoms with Crippen LogP contribution in [0.2, 0.25) is 0 Å². The Morgan fingerprint density at radius 3 is 2.83 bits per heavy atom. The lowest BCUT2D eigenvalue weighted by Crippen LogP contribution is -2.13. The molecule has 1 rings (SSSR count). The van der Waals surface area contributed by atoms with Crippen LogP contribution in [0.5, 0.6) is 0 Å². The highest BCUT2D eigenvalue weighted by atomic mass is 32.1. The van der Waals surface area contributed by atoms with Crippen molar-refractivity contribution in [2.75, 3.05) is 5.73 Å². The predicted molar refractivity (Wildman–Crippen MR) is 47.1 cm³/mol. The molecule has 0 radical (unpaired) electrons. The molecule has 1 aromatic heterocycles. The van der Waals surface area contributed by atoms with Crippen molar-refractivity contribution < 1.29 is 9.53 Å². The lowest BCUT2D eigenvalue weighted by Gasteiger charge is -2.05.